The molecule has 0 aliphatic carbocycles. The minimum absolute atomic E-state index is 0.0746. The van der Waals surface area contributed by atoms with E-state index < -0.39 is 6.10 Å². The molecule has 0 heterocycles. The number of unbranched alkanes of at least 4 members (excludes halogenated alkanes) is 28. The van der Waals surface area contributed by atoms with Crippen LogP contribution in [0.25, 0.3) is 0 Å². The summed E-state index contributed by atoms with van der Waals surface area (Å²) in [5.41, 5.74) is 0. The Bertz CT molecular complexity index is 896. The number of hydrogen-bond acceptors (Lipinski definition) is 6. The van der Waals surface area contributed by atoms with Crippen LogP contribution in [0, 0.1) is 0 Å². The first-order chi connectivity index (χ1) is 27.0. The van der Waals surface area contributed by atoms with Gasteiger partial charge in [0.1, 0.15) is 13.2 Å². The quantitative estimate of drug-likeness (QED) is 0.0266. The normalized spacial score (nSPS) is 12.1. The Morgan fingerprint density at radius 3 is 0.927 bits per heavy atom. The number of esters is 3. The Balaban J connectivity index is 4.35. The van der Waals surface area contributed by atoms with Gasteiger partial charge in [-0.15, -0.1) is 0 Å². The fourth-order valence-corrected chi connectivity index (χ4v) is 6.78. The standard InChI is InChI=1S/C49H90O6/c1-4-7-10-13-16-19-21-23-24-26-27-30-33-36-39-42-48(51)54-45-46(44-53-47(50)41-38-35-32-29-18-15-12-9-6-3)55-49(52)43-40-37-34-31-28-25-22-20-17-14-11-8-5-2/h20,22-24,46H,4-19,21,25-45H2,1-3H3/b22-20-,24-23-. The highest BCUT2D eigenvalue weighted by atomic mass is 16.6. The van der Waals surface area contributed by atoms with E-state index in [0.29, 0.717) is 19.3 Å². The SMILES string of the molecule is CCCCCC/C=C\CCCCCCCC(=O)OC(COC(=O)CCCCCCC/C=C\CCCCCCCC)COC(=O)CCCCCCCCCCC. The van der Waals surface area contributed by atoms with Crippen LogP contribution in [-0.4, -0.2) is 37.2 Å². The molecule has 1 atom stereocenters. The molecule has 0 aliphatic heterocycles. The lowest BCUT2D eigenvalue weighted by Gasteiger charge is -2.18. The summed E-state index contributed by atoms with van der Waals surface area (Å²) >= 11 is 0. The minimum Gasteiger partial charge on any atom is -0.462 e. The first-order valence-electron chi connectivity index (χ1n) is 23.8. The average Bonchev–Trinajstić information content (AvgIpc) is 3.18. The summed E-state index contributed by atoms with van der Waals surface area (Å²) in [5, 5.41) is 0. The monoisotopic (exact) mass is 775 g/mol. The number of carbonyl (C=O) groups is 3. The van der Waals surface area contributed by atoms with Gasteiger partial charge in [0, 0.05) is 19.3 Å². The van der Waals surface area contributed by atoms with Crippen molar-refractivity contribution in [3.8, 4) is 0 Å². The third kappa shape index (κ3) is 42.9. The molecule has 0 N–H and O–H groups in total. The molecule has 6 nitrogen and oxygen atoms in total. The Morgan fingerprint density at radius 2 is 0.600 bits per heavy atom. The summed E-state index contributed by atoms with van der Waals surface area (Å²) in [6.07, 6.45) is 48.7. The van der Waals surface area contributed by atoms with Gasteiger partial charge in [-0.2, -0.15) is 0 Å². The molecule has 0 radical (unpaired) electrons. The van der Waals surface area contributed by atoms with Crippen molar-refractivity contribution in [3.05, 3.63) is 24.3 Å². The maximum absolute atomic E-state index is 12.7. The molecule has 0 spiro atoms. The topological polar surface area (TPSA) is 78.9 Å². The maximum Gasteiger partial charge on any atom is 0.306 e. The van der Waals surface area contributed by atoms with Gasteiger partial charge in [0.15, 0.2) is 6.10 Å². The van der Waals surface area contributed by atoms with Crippen LogP contribution >= 0.6 is 0 Å². The molecule has 0 aromatic rings. The van der Waals surface area contributed by atoms with Crippen LogP contribution in [0.1, 0.15) is 252 Å². The van der Waals surface area contributed by atoms with E-state index in [2.05, 4.69) is 45.1 Å². The van der Waals surface area contributed by atoms with E-state index in [4.69, 9.17) is 14.2 Å². The van der Waals surface area contributed by atoms with Gasteiger partial charge in [-0.1, -0.05) is 186 Å². The average molecular weight is 775 g/mol. The summed E-state index contributed by atoms with van der Waals surface area (Å²) < 4.78 is 16.7. The highest BCUT2D eigenvalue weighted by molar-refractivity contribution is 5.71. The molecule has 1 unspecified atom stereocenters. The smallest absolute Gasteiger partial charge is 0.306 e. The highest BCUT2D eigenvalue weighted by Crippen LogP contribution is 2.14. The summed E-state index contributed by atoms with van der Waals surface area (Å²) in [6.45, 7) is 6.59. The molecular weight excluding hydrogens is 685 g/mol. The number of allylic oxidation sites excluding steroid dienone is 4. The predicted octanol–water partition coefficient (Wildman–Crippen LogP) is 15.2. The minimum atomic E-state index is -0.772. The van der Waals surface area contributed by atoms with E-state index in [1.807, 2.05) is 0 Å². The molecule has 322 valence electrons. The second-order valence-electron chi connectivity index (χ2n) is 16.0. The van der Waals surface area contributed by atoms with E-state index in [-0.39, 0.29) is 31.1 Å². The van der Waals surface area contributed by atoms with Crippen molar-refractivity contribution in [2.45, 2.75) is 258 Å². The number of carbonyl (C=O) groups excluding carboxylic acids is 3. The van der Waals surface area contributed by atoms with E-state index in [9.17, 15) is 14.4 Å². The van der Waals surface area contributed by atoms with E-state index >= 15 is 0 Å². The van der Waals surface area contributed by atoms with Crippen LogP contribution < -0.4 is 0 Å². The lowest BCUT2D eigenvalue weighted by atomic mass is 10.1. The summed E-state index contributed by atoms with van der Waals surface area (Å²) in [6, 6.07) is 0. The van der Waals surface area contributed by atoms with E-state index in [1.54, 1.807) is 0 Å². The largest absolute Gasteiger partial charge is 0.462 e. The zero-order chi connectivity index (χ0) is 40.1. The van der Waals surface area contributed by atoms with Gasteiger partial charge in [0.05, 0.1) is 0 Å². The molecule has 0 fully saturated rings. The van der Waals surface area contributed by atoms with Crippen LogP contribution in [0.15, 0.2) is 24.3 Å². The van der Waals surface area contributed by atoms with Gasteiger partial charge in [0.2, 0.25) is 0 Å². The molecule has 0 aromatic carbocycles. The van der Waals surface area contributed by atoms with E-state index in [1.165, 1.54) is 141 Å². The fourth-order valence-electron chi connectivity index (χ4n) is 6.78. The second kappa shape index (κ2) is 44.6. The molecule has 0 aromatic heterocycles. The summed E-state index contributed by atoms with van der Waals surface area (Å²) in [5.74, 6) is -0.889. The van der Waals surface area contributed by atoms with Crippen LogP contribution in [0.4, 0.5) is 0 Å². The van der Waals surface area contributed by atoms with Gasteiger partial charge < -0.3 is 14.2 Å². The molecule has 0 saturated heterocycles. The number of rotatable bonds is 43. The van der Waals surface area contributed by atoms with Crippen molar-refractivity contribution < 1.29 is 28.6 Å². The summed E-state index contributed by atoms with van der Waals surface area (Å²) in [4.78, 5) is 37.7. The molecule has 0 saturated carbocycles. The lowest BCUT2D eigenvalue weighted by Crippen LogP contribution is -2.30. The Labute approximate surface area is 341 Å². The van der Waals surface area contributed by atoms with Crippen LogP contribution in [0.2, 0.25) is 0 Å². The third-order valence-electron chi connectivity index (χ3n) is 10.4. The molecule has 0 bridgehead atoms. The van der Waals surface area contributed by atoms with Gasteiger partial charge in [-0.05, 0) is 70.6 Å². The first kappa shape index (κ1) is 52.9. The van der Waals surface area contributed by atoms with Crippen molar-refractivity contribution in [2.75, 3.05) is 13.2 Å². The van der Waals surface area contributed by atoms with Gasteiger partial charge >= 0.3 is 17.9 Å². The maximum atomic E-state index is 12.7. The lowest BCUT2D eigenvalue weighted by molar-refractivity contribution is -0.167. The van der Waals surface area contributed by atoms with Crippen LogP contribution in [0.3, 0.4) is 0 Å². The molecule has 0 rings (SSSR count). The summed E-state index contributed by atoms with van der Waals surface area (Å²) in [7, 11) is 0. The van der Waals surface area contributed by atoms with Crippen molar-refractivity contribution in [3.63, 3.8) is 0 Å². The van der Waals surface area contributed by atoms with Crippen LogP contribution in [0.5, 0.6) is 0 Å². The van der Waals surface area contributed by atoms with Crippen molar-refractivity contribution in [2.24, 2.45) is 0 Å². The molecule has 6 heteroatoms. The molecule has 0 aliphatic rings. The second-order valence-corrected chi connectivity index (χ2v) is 16.0. The Morgan fingerprint density at radius 1 is 0.345 bits per heavy atom. The predicted molar refractivity (Wildman–Crippen MR) is 233 cm³/mol. The van der Waals surface area contributed by atoms with Crippen molar-refractivity contribution in [1.29, 1.82) is 0 Å². The van der Waals surface area contributed by atoms with Gasteiger partial charge in [-0.3, -0.25) is 14.4 Å². The first-order valence-corrected chi connectivity index (χ1v) is 23.8. The zero-order valence-corrected chi connectivity index (χ0v) is 36.7. The van der Waals surface area contributed by atoms with Crippen molar-refractivity contribution >= 4 is 17.9 Å². The Kier molecular flexibility index (Phi) is 42.9. The Hall–Kier alpha value is -2.11. The molecule has 55 heavy (non-hydrogen) atoms. The number of hydrogen-bond donors (Lipinski definition) is 0. The van der Waals surface area contributed by atoms with Gasteiger partial charge in [0.25, 0.3) is 0 Å². The molecular formula is C49H90O6. The van der Waals surface area contributed by atoms with Gasteiger partial charge in [-0.25, -0.2) is 0 Å². The number of ether oxygens (including phenoxy) is 3. The van der Waals surface area contributed by atoms with Crippen molar-refractivity contribution in [1.82, 2.24) is 0 Å². The van der Waals surface area contributed by atoms with E-state index in [0.717, 1.165) is 70.6 Å². The third-order valence-corrected chi connectivity index (χ3v) is 10.4. The highest BCUT2D eigenvalue weighted by Gasteiger charge is 2.19. The van der Waals surface area contributed by atoms with Crippen LogP contribution in [-0.2, 0) is 28.6 Å². The molecule has 0 amide bonds. The zero-order valence-electron chi connectivity index (χ0n) is 36.7. The fraction of sp³-hybridized carbons (Fsp3) is 0.857.